The number of hydrogen-bond acceptors (Lipinski definition) is 3. The summed E-state index contributed by atoms with van der Waals surface area (Å²) in [5.74, 6) is -0.467. The Labute approximate surface area is 120 Å². The molecule has 0 aromatic heterocycles. The quantitative estimate of drug-likeness (QED) is 0.665. The van der Waals surface area contributed by atoms with Crippen molar-refractivity contribution in [3.63, 3.8) is 0 Å². The number of carbonyl (C=O) groups excluding carboxylic acids is 1. The standard InChI is InChI=1S/C14H26N2O4/c1-10(3-4-13(17)18)5-7-15-14(19)16-12-6-8-20-11(2)9-12/h10-12H,3-9H2,1-2H3,(H,17,18)(H2,15,16,19). The Morgan fingerprint density at radius 3 is 2.80 bits per heavy atom. The first-order chi connectivity index (χ1) is 9.47. The number of ether oxygens (including phenoxy) is 1. The monoisotopic (exact) mass is 286 g/mol. The molecule has 1 fully saturated rings. The van der Waals surface area contributed by atoms with Crippen molar-refractivity contribution >= 4 is 12.0 Å². The minimum atomic E-state index is -0.767. The van der Waals surface area contributed by atoms with Crippen molar-refractivity contribution in [1.82, 2.24) is 10.6 Å². The van der Waals surface area contributed by atoms with E-state index in [1.165, 1.54) is 0 Å². The van der Waals surface area contributed by atoms with Gasteiger partial charge in [-0.25, -0.2) is 4.79 Å². The summed E-state index contributed by atoms with van der Waals surface area (Å²) in [4.78, 5) is 22.2. The Balaban J connectivity index is 2.09. The number of hydrogen-bond donors (Lipinski definition) is 3. The highest BCUT2D eigenvalue weighted by Crippen LogP contribution is 2.13. The third-order valence-electron chi connectivity index (χ3n) is 3.59. The SMILES string of the molecule is CC(CCNC(=O)NC1CCOC(C)C1)CCC(=O)O. The molecule has 6 heteroatoms. The summed E-state index contributed by atoms with van der Waals surface area (Å²) in [5.41, 5.74) is 0. The fourth-order valence-corrected chi connectivity index (χ4v) is 2.31. The second kappa shape index (κ2) is 8.79. The molecule has 3 N–H and O–H groups in total. The largest absolute Gasteiger partial charge is 0.481 e. The van der Waals surface area contributed by atoms with Gasteiger partial charge in [-0.3, -0.25) is 4.79 Å². The van der Waals surface area contributed by atoms with Crippen molar-refractivity contribution in [3.05, 3.63) is 0 Å². The molecule has 0 aliphatic carbocycles. The van der Waals surface area contributed by atoms with Gasteiger partial charge in [0.25, 0.3) is 0 Å². The number of carboxylic acid groups (broad SMARTS) is 1. The molecule has 3 atom stereocenters. The zero-order valence-corrected chi connectivity index (χ0v) is 12.4. The Kier molecular flexibility index (Phi) is 7.36. The maximum absolute atomic E-state index is 11.7. The van der Waals surface area contributed by atoms with Gasteiger partial charge in [-0.1, -0.05) is 6.92 Å². The Bertz CT molecular complexity index is 322. The van der Waals surface area contributed by atoms with Crippen LogP contribution in [0.15, 0.2) is 0 Å². The number of carboxylic acids is 1. The normalized spacial score (nSPS) is 23.9. The van der Waals surface area contributed by atoms with Crippen molar-refractivity contribution < 1.29 is 19.4 Å². The van der Waals surface area contributed by atoms with E-state index in [1.54, 1.807) is 0 Å². The van der Waals surface area contributed by atoms with Gasteiger partial charge >= 0.3 is 12.0 Å². The third kappa shape index (κ3) is 7.33. The number of rotatable bonds is 7. The molecule has 1 aliphatic rings. The number of urea groups is 1. The van der Waals surface area contributed by atoms with Crippen LogP contribution >= 0.6 is 0 Å². The number of carbonyl (C=O) groups is 2. The average molecular weight is 286 g/mol. The van der Waals surface area contributed by atoms with Gasteiger partial charge in [-0.05, 0) is 38.5 Å². The van der Waals surface area contributed by atoms with Crippen LogP contribution < -0.4 is 10.6 Å². The summed E-state index contributed by atoms with van der Waals surface area (Å²) in [6, 6.07) is 0.0396. The number of nitrogens with one attached hydrogen (secondary N) is 2. The van der Waals surface area contributed by atoms with Gasteiger partial charge in [0.1, 0.15) is 0 Å². The molecule has 1 rings (SSSR count). The van der Waals surface area contributed by atoms with E-state index in [0.717, 1.165) is 19.3 Å². The molecule has 0 aromatic carbocycles. The Morgan fingerprint density at radius 2 is 2.15 bits per heavy atom. The van der Waals surface area contributed by atoms with E-state index in [4.69, 9.17) is 9.84 Å². The maximum atomic E-state index is 11.7. The van der Waals surface area contributed by atoms with Crippen LogP contribution in [0.4, 0.5) is 4.79 Å². The van der Waals surface area contributed by atoms with Crippen molar-refractivity contribution in [1.29, 1.82) is 0 Å². The van der Waals surface area contributed by atoms with Gasteiger partial charge in [0.15, 0.2) is 0 Å². The lowest BCUT2D eigenvalue weighted by Crippen LogP contribution is -2.46. The molecular formula is C14H26N2O4. The smallest absolute Gasteiger partial charge is 0.315 e. The Morgan fingerprint density at radius 1 is 1.40 bits per heavy atom. The van der Waals surface area contributed by atoms with Crippen LogP contribution in [0, 0.1) is 5.92 Å². The molecule has 0 aromatic rings. The van der Waals surface area contributed by atoms with Crippen molar-refractivity contribution in [3.8, 4) is 0 Å². The van der Waals surface area contributed by atoms with Gasteiger partial charge in [0, 0.05) is 25.6 Å². The number of aliphatic carboxylic acids is 1. The van der Waals surface area contributed by atoms with E-state index < -0.39 is 5.97 Å². The second-order valence-electron chi connectivity index (χ2n) is 5.63. The van der Waals surface area contributed by atoms with E-state index in [9.17, 15) is 9.59 Å². The highest BCUT2D eigenvalue weighted by Gasteiger charge is 2.20. The summed E-state index contributed by atoms with van der Waals surface area (Å²) in [7, 11) is 0. The molecule has 0 bridgehead atoms. The maximum Gasteiger partial charge on any atom is 0.315 e. The van der Waals surface area contributed by atoms with Crippen LogP contribution in [0.25, 0.3) is 0 Å². The van der Waals surface area contributed by atoms with Gasteiger partial charge < -0.3 is 20.5 Å². The molecule has 1 aliphatic heterocycles. The van der Waals surface area contributed by atoms with Gasteiger partial charge in [-0.15, -0.1) is 0 Å². The second-order valence-corrected chi connectivity index (χ2v) is 5.63. The zero-order chi connectivity index (χ0) is 15.0. The molecule has 20 heavy (non-hydrogen) atoms. The summed E-state index contributed by atoms with van der Waals surface area (Å²) in [6.07, 6.45) is 3.54. The number of amides is 2. The highest BCUT2D eigenvalue weighted by atomic mass is 16.5. The zero-order valence-electron chi connectivity index (χ0n) is 12.4. The molecular weight excluding hydrogens is 260 g/mol. The summed E-state index contributed by atoms with van der Waals surface area (Å²) < 4.78 is 5.43. The van der Waals surface area contributed by atoms with Gasteiger partial charge in [0.2, 0.25) is 0 Å². The van der Waals surface area contributed by atoms with E-state index >= 15 is 0 Å². The van der Waals surface area contributed by atoms with Crippen LogP contribution in [-0.4, -0.2) is 42.4 Å². The molecule has 6 nitrogen and oxygen atoms in total. The van der Waals surface area contributed by atoms with Gasteiger partial charge in [0.05, 0.1) is 6.10 Å². The van der Waals surface area contributed by atoms with Crippen LogP contribution in [0.3, 0.4) is 0 Å². The summed E-state index contributed by atoms with van der Waals surface area (Å²) in [6.45, 7) is 5.28. The first-order valence-electron chi connectivity index (χ1n) is 7.35. The highest BCUT2D eigenvalue weighted by molar-refractivity contribution is 5.74. The molecule has 0 spiro atoms. The van der Waals surface area contributed by atoms with Gasteiger partial charge in [-0.2, -0.15) is 0 Å². The molecule has 116 valence electrons. The third-order valence-corrected chi connectivity index (χ3v) is 3.59. The molecule has 1 heterocycles. The summed E-state index contributed by atoms with van der Waals surface area (Å²) >= 11 is 0. The minimum Gasteiger partial charge on any atom is -0.481 e. The predicted molar refractivity (Wildman–Crippen MR) is 75.6 cm³/mol. The first kappa shape index (κ1) is 16.8. The van der Waals surface area contributed by atoms with Crippen LogP contribution in [-0.2, 0) is 9.53 Å². The van der Waals surface area contributed by atoms with Crippen molar-refractivity contribution in [2.75, 3.05) is 13.2 Å². The minimum absolute atomic E-state index is 0.144. The molecule has 0 saturated carbocycles. The molecule has 3 unspecified atom stereocenters. The average Bonchev–Trinajstić information content (AvgIpc) is 2.36. The van der Waals surface area contributed by atoms with Crippen LogP contribution in [0.1, 0.15) is 46.0 Å². The van der Waals surface area contributed by atoms with Crippen LogP contribution in [0.5, 0.6) is 0 Å². The lowest BCUT2D eigenvalue weighted by Gasteiger charge is -2.28. The molecule has 2 amide bonds. The van der Waals surface area contributed by atoms with E-state index in [0.29, 0.717) is 25.5 Å². The Hall–Kier alpha value is -1.30. The van der Waals surface area contributed by atoms with E-state index in [2.05, 4.69) is 10.6 Å². The molecule has 0 radical (unpaired) electrons. The van der Waals surface area contributed by atoms with E-state index in [-0.39, 0.29) is 24.6 Å². The fraction of sp³-hybridized carbons (Fsp3) is 0.857. The predicted octanol–water partition coefficient (Wildman–Crippen LogP) is 1.74. The first-order valence-corrected chi connectivity index (χ1v) is 7.35. The summed E-state index contributed by atoms with van der Waals surface area (Å²) in [5, 5.41) is 14.4. The lowest BCUT2D eigenvalue weighted by atomic mass is 10.0. The van der Waals surface area contributed by atoms with Crippen molar-refractivity contribution in [2.45, 2.75) is 58.1 Å². The van der Waals surface area contributed by atoms with Crippen molar-refractivity contribution in [2.24, 2.45) is 5.92 Å². The molecule has 1 saturated heterocycles. The fourth-order valence-electron chi connectivity index (χ4n) is 2.31. The topological polar surface area (TPSA) is 87.7 Å². The lowest BCUT2D eigenvalue weighted by molar-refractivity contribution is -0.137. The van der Waals surface area contributed by atoms with E-state index in [1.807, 2.05) is 13.8 Å². The van der Waals surface area contributed by atoms with Crippen LogP contribution in [0.2, 0.25) is 0 Å².